The highest BCUT2D eigenvalue weighted by Crippen LogP contribution is 2.33. The smallest absolute Gasteiger partial charge is 0.264 e. The van der Waals surface area contributed by atoms with Crippen molar-refractivity contribution < 1.29 is 4.79 Å². The number of hydrazine groups is 1. The number of benzene rings is 1. The van der Waals surface area contributed by atoms with E-state index in [2.05, 4.69) is 15.7 Å². The molecule has 1 fully saturated rings. The van der Waals surface area contributed by atoms with Crippen LogP contribution in [-0.2, 0) is 4.79 Å². The Labute approximate surface area is 154 Å². The second-order valence-electron chi connectivity index (χ2n) is 5.92. The van der Waals surface area contributed by atoms with Gasteiger partial charge in [0.15, 0.2) is 0 Å². The first kappa shape index (κ1) is 16.4. The number of pyridine rings is 1. The van der Waals surface area contributed by atoms with Gasteiger partial charge in [0.05, 0.1) is 27.8 Å². The number of amides is 1. The van der Waals surface area contributed by atoms with E-state index in [0.717, 1.165) is 11.3 Å². The van der Waals surface area contributed by atoms with Gasteiger partial charge in [0, 0.05) is 18.0 Å². The third-order valence-corrected chi connectivity index (χ3v) is 5.10. The molecular weight excluding hydrogens is 361 g/mol. The Kier molecular flexibility index (Phi) is 4.13. The van der Waals surface area contributed by atoms with E-state index in [-0.39, 0.29) is 18.0 Å². The van der Waals surface area contributed by atoms with Gasteiger partial charge in [-0.3, -0.25) is 9.78 Å². The maximum atomic E-state index is 12.5. The van der Waals surface area contributed by atoms with Crippen molar-refractivity contribution in [2.75, 3.05) is 0 Å². The Morgan fingerprint density at radius 1 is 1.16 bits per heavy atom. The molecule has 1 aromatic heterocycles. The number of hydrogen-bond acceptors (Lipinski definition) is 5. The van der Waals surface area contributed by atoms with Crippen molar-refractivity contribution in [3.63, 3.8) is 0 Å². The Morgan fingerprint density at radius 3 is 2.72 bits per heavy atom. The third-order valence-electron chi connectivity index (χ3n) is 4.36. The molecule has 0 spiro atoms. The van der Waals surface area contributed by atoms with Crippen LogP contribution in [0, 0.1) is 0 Å². The van der Waals surface area contributed by atoms with Gasteiger partial charge < -0.3 is 11.1 Å². The number of carbonyl (C=O) groups is 1. The number of nitrogens with zero attached hydrogens (tertiary/aromatic N) is 2. The van der Waals surface area contributed by atoms with Gasteiger partial charge in [-0.25, -0.2) is 10.4 Å². The van der Waals surface area contributed by atoms with Crippen molar-refractivity contribution >= 4 is 34.8 Å². The first-order valence-electron chi connectivity index (χ1n) is 7.74. The van der Waals surface area contributed by atoms with Crippen LogP contribution in [0.4, 0.5) is 0 Å². The summed E-state index contributed by atoms with van der Waals surface area (Å²) in [5.41, 5.74) is 11.5. The molecule has 4 N–H and O–H groups in total. The Bertz CT molecular complexity index is 857. The second-order valence-corrected chi connectivity index (χ2v) is 6.73. The monoisotopic (exact) mass is 375 g/mol. The lowest BCUT2D eigenvalue weighted by atomic mass is 9.97. The van der Waals surface area contributed by atoms with Crippen LogP contribution in [0.15, 0.2) is 48.7 Å². The standard InChI is InChI=1S/C17H15Cl2N5O/c18-10-5-4-9(7-11(10)19)13-8-14(25)24-17(22-13)15(16(20)23-24)12-3-1-2-6-21-12/h1-8,15-17,22-23H,20H2. The average molecular weight is 376 g/mol. The molecule has 2 aromatic rings. The summed E-state index contributed by atoms with van der Waals surface area (Å²) in [4.78, 5) is 16.9. The van der Waals surface area contributed by atoms with Crippen molar-refractivity contribution in [2.24, 2.45) is 5.73 Å². The van der Waals surface area contributed by atoms with E-state index in [1.54, 1.807) is 18.3 Å². The summed E-state index contributed by atoms with van der Waals surface area (Å²) >= 11 is 12.1. The van der Waals surface area contributed by atoms with Gasteiger partial charge in [-0.2, -0.15) is 0 Å². The number of nitrogens with one attached hydrogen (secondary N) is 2. The first-order chi connectivity index (χ1) is 12.0. The summed E-state index contributed by atoms with van der Waals surface area (Å²) in [6.07, 6.45) is 2.44. The van der Waals surface area contributed by atoms with E-state index in [1.807, 2.05) is 24.3 Å². The summed E-state index contributed by atoms with van der Waals surface area (Å²) < 4.78 is 0. The molecule has 1 aromatic carbocycles. The average Bonchev–Trinajstić information content (AvgIpc) is 2.95. The maximum Gasteiger partial charge on any atom is 0.264 e. The molecule has 0 saturated carbocycles. The molecule has 8 heteroatoms. The number of nitrogens with two attached hydrogens (primary N) is 1. The molecular formula is C17H15Cl2N5O. The topological polar surface area (TPSA) is 83.3 Å². The van der Waals surface area contributed by atoms with Gasteiger partial charge in [0.25, 0.3) is 5.91 Å². The van der Waals surface area contributed by atoms with E-state index in [9.17, 15) is 4.79 Å². The lowest BCUT2D eigenvalue weighted by Gasteiger charge is -2.32. The number of carbonyl (C=O) groups excluding carboxylic acids is 1. The van der Waals surface area contributed by atoms with E-state index in [4.69, 9.17) is 28.9 Å². The highest BCUT2D eigenvalue weighted by Gasteiger charge is 2.45. The van der Waals surface area contributed by atoms with Gasteiger partial charge in [-0.05, 0) is 29.8 Å². The normalized spacial score (nSPS) is 25.4. The molecule has 3 atom stereocenters. The molecule has 128 valence electrons. The Balaban J connectivity index is 1.70. The number of aromatic nitrogens is 1. The molecule has 0 aliphatic carbocycles. The second kappa shape index (κ2) is 6.31. The van der Waals surface area contributed by atoms with Crippen LogP contribution >= 0.6 is 23.2 Å². The zero-order valence-electron chi connectivity index (χ0n) is 13.0. The molecule has 0 bridgehead atoms. The molecule has 6 nitrogen and oxygen atoms in total. The summed E-state index contributed by atoms with van der Waals surface area (Å²) in [5.74, 6) is -0.379. The maximum absolute atomic E-state index is 12.5. The minimum atomic E-state index is -0.432. The highest BCUT2D eigenvalue weighted by atomic mass is 35.5. The van der Waals surface area contributed by atoms with Crippen LogP contribution in [0.5, 0.6) is 0 Å². The quantitative estimate of drug-likeness (QED) is 0.748. The number of rotatable bonds is 2. The molecule has 2 aliphatic rings. The van der Waals surface area contributed by atoms with Gasteiger partial charge in [0.1, 0.15) is 6.17 Å². The summed E-state index contributed by atoms with van der Waals surface area (Å²) in [6, 6.07) is 10.9. The third kappa shape index (κ3) is 2.87. The van der Waals surface area contributed by atoms with Gasteiger partial charge in [-0.15, -0.1) is 0 Å². The van der Waals surface area contributed by atoms with Crippen LogP contribution in [-0.4, -0.2) is 28.2 Å². The van der Waals surface area contributed by atoms with E-state index >= 15 is 0 Å². The van der Waals surface area contributed by atoms with Crippen molar-refractivity contribution in [1.29, 1.82) is 0 Å². The van der Waals surface area contributed by atoms with Gasteiger partial charge in [-0.1, -0.05) is 35.3 Å². The molecule has 2 aliphatic heterocycles. The molecule has 4 rings (SSSR count). The predicted molar refractivity (Wildman–Crippen MR) is 96.3 cm³/mol. The number of halogens is 2. The molecule has 3 unspecified atom stereocenters. The molecule has 1 saturated heterocycles. The van der Waals surface area contributed by atoms with Crippen LogP contribution in [0.2, 0.25) is 10.0 Å². The molecule has 25 heavy (non-hydrogen) atoms. The fraction of sp³-hybridized carbons (Fsp3) is 0.176. The zero-order chi connectivity index (χ0) is 17.6. The number of hydrogen-bond donors (Lipinski definition) is 3. The lowest BCUT2D eigenvalue weighted by Crippen LogP contribution is -2.52. The molecule has 0 radical (unpaired) electrons. The minimum absolute atomic E-state index is 0.182. The van der Waals surface area contributed by atoms with E-state index in [0.29, 0.717) is 15.7 Å². The lowest BCUT2D eigenvalue weighted by molar-refractivity contribution is -0.131. The van der Waals surface area contributed by atoms with E-state index in [1.165, 1.54) is 11.1 Å². The minimum Gasteiger partial charge on any atom is -0.363 e. The van der Waals surface area contributed by atoms with Crippen LogP contribution in [0.1, 0.15) is 17.2 Å². The van der Waals surface area contributed by atoms with Crippen molar-refractivity contribution in [3.8, 4) is 0 Å². The predicted octanol–water partition coefficient (Wildman–Crippen LogP) is 2.07. The van der Waals surface area contributed by atoms with Gasteiger partial charge in [0.2, 0.25) is 0 Å². The number of fused-ring (bicyclic) bond motifs is 1. The van der Waals surface area contributed by atoms with Crippen LogP contribution < -0.4 is 16.5 Å². The first-order valence-corrected chi connectivity index (χ1v) is 8.50. The summed E-state index contributed by atoms with van der Waals surface area (Å²) in [6.45, 7) is 0. The Morgan fingerprint density at radius 2 is 2.00 bits per heavy atom. The zero-order valence-corrected chi connectivity index (χ0v) is 14.5. The van der Waals surface area contributed by atoms with Gasteiger partial charge >= 0.3 is 0 Å². The van der Waals surface area contributed by atoms with E-state index < -0.39 is 6.17 Å². The largest absolute Gasteiger partial charge is 0.363 e. The Hall–Kier alpha value is -2.12. The summed E-state index contributed by atoms with van der Waals surface area (Å²) in [5, 5.41) is 5.77. The van der Waals surface area contributed by atoms with Crippen molar-refractivity contribution in [3.05, 3.63) is 70.0 Å². The highest BCUT2D eigenvalue weighted by molar-refractivity contribution is 6.42. The molecule has 3 heterocycles. The van der Waals surface area contributed by atoms with Crippen molar-refractivity contribution in [2.45, 2.75) is 18.2 Å². The molecule has 1 amide bonds. The van der Waals surface area contributed by atoms with Crippen molar-refractivity contribution in [1.82, 2.24) is 20.7 Å². The van der Waals surface area contributed by atoms with Crippen LogP contribution in [0.3, 0.4) is 0 Å². The fourth-order valence-electron chi connectivity index (χ4n) is 3.18. The summed E-state index contributed by atoms with van der Waals surface area (Å²) in [7, 11) is 0. The SMILES string of the molecule is NC1NN2C(=O)C=C(c3ccc(Cl)c(Cl)c3)NC2C1c1ccccn1. The fourth-order valence-corrected chi connectivity index (χ4v) is 3.47. The van der Waals surface area contributed by atoms with Crippen LogP contribution in [0.25, 0.3) is 5.70 Å².